The number of hydrogen-bond donors (Lipinski definition) is 0. The highest BCUT2D eigenvalue weighted by atomic mass is 16.5. The molecule has 2 aromatic rings. The molecule has 0 aliphatic carbocycles. The van der Waals surface area contributed by atoms with Gasteiger partial charge in [0.1, 0.15) is 11.5 Å². The summed E-state index contributed by atoms with van der Waals surface area (Å²) in [7, 11) is 2.20. The summed E-state index contributed by atoms with van der Waals surface area (Å²) < 4.78 is 6.19. The van der Waals surface area contributed by atoms with Gasteiger partial charge in [0.15, 0.2) is 0 Å². The van der Waals surface area contributed by atoms with Crippen LogP contribution in [0.5, 0.6) is 11.5 Å². The van der Waals surface area contributed by atoms with Crippen LogP contribution in [0.2, 0.25) is 0 Å². The van der Waals surface area contributed by atoms with Crippen molar-refractivity contribution in [1.29, 1.82) is 0 Å². The molecule has 1 heterocycles. The zero-order valence-electron chi connectivity index (χ0n) is 12.0. The normalized spacial score (nSPS) is 16.4. The van der Waals surface area contributed by atoms with Crippen LogP contribution in [0.1, 0.15) is 17.5 Å². The van der Waals surface area contributed by atoms with E-state index in [0.29, 0.717) is 0 Å². The smallest absolute Gasteiger partial charge is 0.130 e. The van der Waals surface area contributed by atoms with Gasteiger partial charge in [-0.2, -0.15) is 0 Å². The van der Waals surface area contributed by atoms with Crippen molar-refractivity contribution in [3.05, 3.63) is 59.7 Å². The van der Waals surface area contributed by atoms with Gasteiger partial charge in [-0.25, -0.2) is 0 Å². The summed E-state index contributed by atoms with van der Waals surface area (Å²) in [6.07, 6.45) is 3.28. The van der Waals surface area contributed by atoms with Gasteiger partial charge in [0.05, 0.1) is 0 Å². The van der Waals surface area contributed by atoms with E-state index >= 15 is 0 Å². The minimum atomic E-state index is 0.996. The van der Waals surface area contributed by atoms with Crippen LogP contribution >= 0.6 is 0 Å². The van der Waals surface area contributed by atoms with E-state index in [4.69, 9.17) is 4.74 Å². The molecule has 0 saturated carbocycles. The predicted octanol–water partition coefficient (Wildman–Crippen LogP) is 3.90. The fourth-order valence-corrected chi connectivity index (χ4v) is 2.70. The molecule has 20 heavy (non-hydrogen) atoms. The van der Waals surface area contributed by atoms with Crippen LogP contribution in [0, 0.1) is 0 Å². The topological polar surface area (TPSA) is 12.5 Å². The van der Waals surface area contributed by atoms with Crippen LogP contribution in [0.3, 0.4) is 0 Å². The van der Waals surface area contributed by atoms with Crippen molar-refractivity contribution in [3.8, 4) is 11.5 Å². The Morgan fingerprint density at radius 3 is 2.10 bits per heavy atom. The molecule has 0 fully saturated rings. The fraction of sp³-hybridized carbons (Fsp3) is 0.333. The van der Waals surface area contributed by atoms with Crippen molar-refractivity contribution in [2.45, 2.75) is 19.3 Å². The van der Waals surface area contributed by atoms with Crippen molar-refractivity contribution in [1.82, 2.24) is 4.90 Å². The summed E-state index contributed by atoms with van der Waals surface area (Å²) in [5.74, 6) is 2.00. The maximum Gasteiger partial charge on any atom is 0.130 e. The molecule has 2 nitrogen and oxygen atoms in total. The van der Waals surface area contributed by atoms with Gasteiger partial charge in [-0.3, -0.25) is 0 Å². The third-order valence-corrected chi connectivity index (χ3v) is 3.91. The number of fused-ring (bicyclic) bond motifs is 2. The van der Waals surface area contributed by atoms with E-state index in [1.54, 1.807) is 0 Å². The van der Waals surface area contributed by atoms with Crippen molar-refractivity contribution < 1.29 is 4.74 Å². The second-order valence-electron chi connectivity index (χ2n) is 5.47. The van der Waals surface area contributed by atoms with Gasteiger partial charge in [0.25, 0.3) is 0 Å². The summed E-state index contributed by atoms with van der Waals surface area (Å²) in [5, 5.41) is 0. The zero-order valence-corrected chi connectivity index (χ0v) is 12.0. The van der Waals surface area contributed by atoms with Gasteiger partial charge in [0, 0.05) is 6.54 Å². The molecule has 2 heteroatoms. The van der Waals surface area contributed by atoms with Crippen LogP contribution in [0.4, 0.5) is 0 Å². The molecule has 1 aliphatic heterocycles. The zero-order chi connectivity index (χ0) is 13.8. The van der Waals surface area contributed by atoms with E-state index in [-0.39, 0.29) is 0 Å². The Morgan fingerprint density at radius 1 is 0.800 bits per heavy atom. The Hall–Kier alpha value is -1.80. The highest BCUT2D eigenvalue weighted by Crippen LogP contribution is 2.29. The van der Waals surface area contributed by atoms with E-state index in [2.05, 4.69) is 48.3 Å². The molecule has 104 valence electrons. The standard InChI is InChI=1S/C18H21NO/c1-19-13-6-9-15-7-2-4-10-17(15)20-18-11-5-3-8-16(18)12-14-19/h2-5,7-8,10-11H,6,9,12-14H2,1H3. The molecule has 0 aromatic heterocycles. The summed E-state index contributed by atoms with van der Waals surface area (Å²) >= 11 is 0. The first kappa shape index (κ1) is 13.2. The number of nitrogens with zero attached hydrogens (tertiary/aromatic N) is 1. The number of aryl methyl sites for hydroxylation is 1. The minimum Gasteiger partial charge on any atom is -0.457 e. The minimum absolute atomic E-state index is 0.996. The fourth-order valence-electron chi connectivity index (χ4n) is 2.70. The van der Waals surface area contributed by atoms with E-state index in [0.717, 1.165) is 37.4 Å². The first-order valence-corrected chi connectivity index (χ1v) is 7.35. The van der Waals surface area contributed by atoms with Gasteiger partial charge in [-0.15, -0.1) is 0 Å². The third kappa shape index (κ3) is 3.02. The molecule has 2 aromatic carbocycles. The van der Waals surface area contributed by atoms with Gasteiger partial charge >= 0.3 is 0 Å². The van der Waals surface area contributed by atoms with Crippen molar-refractivity contribution in [2.75, 3.05) is 20.1 Å². The van der Waals surface area contributed by atoms with Crippen LogP contribution in [-0.2, 0) is 12.8 Å². The average Bonchev–Trinajstić information content (AvgIpc) is 2.50. The first-order valence-electron chi connectivity index (χ1n) is 7.35. The molecule has 1 aliphatic rings. The van der Waals surface area contributed by atoms with Crippen LogP contribution in [0.15, 0.2) is 48.5 Å². The summed E-state index contributed by atoms with van der Waals surface area (Å²) in [5.41, 5.74) is 2.59. The van der Waals surface area contributed by atoms with E-state index < -0.39 is 0 Å². The third-order valence-electron chi connectivity index (χ3n) is 3.91. The molecule has 0 atom stereocenters. The highest BCUT2D eigenvalue weighted by Gasteiger charge is 2.11. The summed E-state index contributed by atoms with van der Waals surface area (Å²) in [4.78, 5) is 2.41. The number of rotatable bonds is 0. The lowest BCUT2D eigenvalue weighted by Gasteiger charge is -2.16. The van der Waals surface area contributed by atoms with Gasteiger partial charge in [-0.05, 0) is 56.1 Å². The molecule has 3 rings (SSSR count). The maximum atomic E-state index is 6.19. The Bertz CT molecular complexity index is 579. The monoisotopic (exact) mass is 267 g/mol. The second kappa shape index (κ2) is 6.10. The highest BCUT2D eigenvalue weighted by molar-refractivity contribution is 5.41. The van der Waals surface area contributed by atoms with E-state index in [9.17, 15) is 0 Å². The largest absolute Gasteiger partial charge is 0.457 e. The van der Waals surface area contributed by atoms with Crippen molar-refractivity contribution in [2.24, 2.45) is 0 Å². The first-order chi connectivity index (χ1) is 9.83. The molecule has 0 spiro atoms. The van der Waals surface area contributed by atoms with Crippen molar-refractivity contribution >= 4 is 0 Å². The second-order valence-corrected chi connectivity index (χ2v) is 5.47. The Balaban J connectivity index is 1.97. The lowest BCUT2D eigenvalue weighted by Crippen LogP contribution is -2.22. The lowest BCUT2D eigenvalue weighted by molar-refractivity contribution is 0.334. The lowest BCUT2D eigenvalue weighted by atomic mass is 10.1. The number of likely N-dealkylation sites (N-methyl/N-ethyl adjacent to an activating group) is 1. The summed E-state index contributed by atoms with van der Waals surface area (Å²) in [6, 6.07) is 16.8. The Labute approximate surface area is 121 Å². The van der Waals surface area contributed by atoms with Gasteiger partial charge < -0.3 is 9.64 Å². The molecular weight excluding hydrogens is 246 g/mol. The number of benzene rings is 2. The quantitative estimate of drug-likeness (QED) is 0.718. The molecular formula is C18H21NO. The number of ether oxygens (including phenoxy) is 1. The van der Waals surface area contributed by atoms with E-state index in [1.165, 1.54) is 17.5 Å². The molecule has 0 radical (unpaired) electrons. The SMILES string of the molecule is CN1CCCc2ccccc2Oc2ccccc2CC1. The molecule has 0 amide bonds. The average molecular weight is 267 g/mol. The van der Waals surface area contributed by atoms with Crippen LogP contribution in [-0.4, -0.2) is 25.0 Å². The Kier molecular flexibility index (Phi) is 4.03. The Morgan fingerprint density at radius 2 is 1.40 bits per heavy atom. The predicted molar refractivity (Wildman–Crippen MR) is 82.5 cm³/mol. The number of hydrogen-bond acceptors (Lipinski definition) is 2. The number of para-hydroxylation sites is 2. The molecule has 0 unspecified atom stereocenters. The van der Waals surface area contributed by atoms with Gasteiger partial charge in [-0.1, -0.05) is 36.4 Å². The van der Waals surface area contributed by atoms with Crippen LogP contribution in [0.25, 0.3) is 0 Å². The van der Waals surface area contributed by atoms with Gasteiger partial charge in [0.2, 0.25) is 0 Å². The molecule has 0 bridgehead atoms. The molecule has 0 saturated heterocycles. The maximum absolute atomic E-state index is 6.19. The van der Waals surface area contributed by atoms with Crippen molar-refractivity contribution in [3.63, 3.8) is 0 Å². The molecule has 0 N–H and O–H groups in total. The van der Waals surface area contributed by atoms with E-state index in [1.807, 2.05) is 12.1 Å². The summed E-state index contributed by atoms with van der Waals surface area (Å²) in [6.45, 7) is 2.22. The van der Waals surface area contributed by atoms with Crippen LogP contribution < -0.4 is 4.74 Å².